The molecule has 2 heterocycles. The van der Waals surface area contributed by atoms with Gasteiger partial charge in [-0.15, -0.1) is 0 Å². The van der Waals surface area contributed by atoms with Crippen molar-refractivity contribution in [3.63, 3.8) is 0 Å². The van der Waals surface area contributed by atoms with Gasteiger partial charge in [0.15, 0.2) is 0 Å². The van der Waals surface area contributed by atoms with E-state index in [1.165, 1.54) is 17.4 Å². The molecule has 4 amide bonds. The largest absolute Gasteiger partial charge is 0.481 e. The van der Waals surface area contributed by atoms with Gasteiger partial charge in [-0.25, -0.2) is 9.78 Å². The van der Waals surface area contributed by atoms with Crippen molar-refractivity contribution in [3.8, 4) is 0 Å². The van der Waals surface area contributed by atoms with Crippen molar-refractivity contribution in [2.75, 3.05) is 6.54 Å². The van der Waals surface area contributed by atoms with Gasteiger partial charge in [-0.3, -0.25) is 24.0 Å². The first-order valence-corrected chi connectivity index (χ1v) is 10.9. The summed E-state index contributed by atoms with van der Waals surface area (Å²) in [6.07, 6.45) is 2.50. The van der Waals surface area contributed by atoms with Gasteiger partial charge in [0.25, 0.3) is 0 Å². The predicted molar refractivity (Wildman–Crippen MR) is 117 cm³/mol. The second-order valence-corrected chi connectivity index (χ2v) is 8.14. The first-order valence-electron chi connectivity index (χ1n) is 10.9. The maximum atomic E-state index is 13.0. The number of primary amides is 1. The number of aliphatic carboxylic acids is 2. The maximum Gasteiger partial charge on any atom is 0.326 e. The number of H-pyrrole nitrogens is 1. The van der Waals surface area contributed by atoms with E-state index in [2.05, 4.69) is 15.3 Å². The molecule has 192 valence electrons. The molecule has 1 fully saturated rings. The number of carboxylic acids is 2. The first kappa shape index (κ1) is 27.2. The molecule has 4 unspecified atom stereocenters. The third-order valence-electron chi connectivity index (χ3n) is 5.46. The summed E-state index contributed by atoms with van der Waals surface area (Å²) in [7, 11) is 0. The second kappa shape index (κ2) is 12.5. The number of aromatic nitrogens is 2. The summed E-state index contributed by atoms with van der Waals surface area (Å²) in [6.45, 7) is 0.269. The molecule has 0 aromatic carbocycles. The minimum Gasteiger partial charge on any atom is -0.481 e. The molecule has 0 saturated carbocycles. The molecule has 0 bridgehead atoms. The van der Waals surface area contributed by atoms with E-state index in [4.69, 9.17) is 21.7 Å². The standard InChI is InChI=1S/C20H29N7O8/c21-11(6-10-8-23-9-24-10)19(33)27-5-1-2-14(27)18(32)25-12(3-4-15(22)28)17(31)26-13(20(34)35)7-16(29)30/h8-9,11-14H,1-7,21H2,(H2,22,28)(H,23,24)(H,25,32)(H,26,31)(H,29,30)(H,34,35). The van der Waals surface area contributed by atoms with Gasteiger partial charge in [-0.1, -0.05) is 0 Å². The average Bonchev–Trinajstić information content (AvgIpc) is 3.46. The van der Waals surface area contributed by atoms with Gasteiger partial charge in [-0.05, 0) is 19.3 Å². The fraction of sp³-hybridized carbons (Fsp3) is 0.550. The highest BCUT2D eigenvalue weighted by Crippen LogP contribution is 2.19. The van der Waals surface area contributed by atoms with E-state index in [1.54, 1.807) is 0 Å². The third-order valence-corrected chi connectivity index (χ3v) is 5.46. The number of hydrogen-bond acceptors (Lipinski definition) is 8. The zero-order valence-corrected chi connectivity index (χ0v) is 18.8. The smallest absolute Gasteiger partial charge is 0.326 e. The summed E-state index contributed by atoms with van der Waals surface area (Å²) >= 11 is 0. The number of imidazole rings is 1. The van der Waals surface area contributed by atoms with Crippen LogP contribution < -0.4 is 22.1 Å². The van der Waals surface area contributed by atoms with Crippen LogP contribution in [0.25, 0.3) is 0 Å². The zero-order chi connectivity index (χ0) is 26.1. The Hall–Kier alpha value is -4.01. The Bertz CT molecular complexity index is 951. The van der Waals surface area contributed by atoms with Crippen LogP contribution in [0.4, 0.5) is 0 Å². The molecule has 2 rings (SSSR count). The first-order chi connectivity index (χ1) is 16.5. The highest BCUT2D eigenvalue weighted by atomic mass is 16.4. The summed E-state index contributed by atoms with van der Waals surface area (Å²) in [5.74, 6) is -5.97. The number of likely N-dealkylation sites (tertiary alicyclic amines) is 1. The van der Waals surface area contributed by atoms with Crippen LogP contribution in [0.5, 0.6) is 0 Å². The van der Waals surface area contributed by atoms with Crippen LogP contribution in [0.3, 0.4) is 0 Å². The molecule has 0 aliphatic carbocycles. The second-order valence-electron chi connectivity index (χ2n) is 8.14. The molecule has 15 heteroatoms. The maximum absolute atomic E-state index is 13.0. The van der Waals surface area contributed by atoms with Gasteiger partial charge >= 0.3 is 11.9 Å². The van der Waals surface area contributed by atoms with Crippen LogP contribution in [0.1, 0.15) is 37.8 Å². The summed E-state index contributed by atoms with van der Waals surface area (Å²) < 4.78 is 0. The van der Waals surface area contributed by atoms with E-state index in [9.17, 15) is 28.8 Å². The van der Waals surface area contributed by atoms with E-state index in [-0.39, 0.29) is 25.8 Å². The number of aromatic amines is 1. The Morgan fingerprint density at radius 2 is 1.89 bits per heavy atom. The van der Waals surface area contributed by atoms with Gasteiger partial charge < -0.3 is 42.2 Å². The molecule has 15 nitrogen and oxygen atoms in total. The van der Waals surface area contributed by atoms with Gasteiger partial charge in [0.2, 0.25) is 23.6 Å². The Balaban J connectivity index is 2.09. The highest BCUT2D eigenvalue weighted by molar-refractivity contribution is 5.95. The van der Waals surface area contributed by atoms with Crippen molar-refractivity contribution in [2.24, 2.45) is 11.5 Å². The number of carbonyl (C=O) groups is 6. The predicted octanol–water partition coefficient (Wildman–Crippen LogP) is -2.94. The molecule has 1 saturated heterocycles. The summed E-state index contributed by atoms with van der Waals surface area (Å²) in [5, 5.41) is 22.5. The normalized spacial score (nSPS) is 17.7. The zero-order valence-electron chi connectivity index (χ0n) is 18.8. The fourth-order valence-electron chi connectivity index (χ4n) is 3.71. The van der Waals surface area contributed by atoms with Crippen LogP contribution in [0.15, 0.2) is 12.5 Å². The lowest BCUT2D eigenvalue weighted by molar-refractivity contribution is -0.147. The highest BCUT2D eigenvalue weighted by Gasteiger charge is 2.38. The van der Waals surface area contributed by atoms with E-state index in [0.717, 1.165) is 0 Å². The Kier molecular flexibility index (Phi) is 9.69. The lowest BCUT2D eigenvalue weighted by Crippen LogP contribution is -2.57. The molecule has 1 aromatic rings. The van der Waals surface area contributed by atoms with E-state index >= 15 is 0 Å². The monoisotopic (exact) mass is 495 g/mol. The number of nitrogens with one attached hydrogen (secondary N) is 3. The van der Waals surface area contributed by atoms with Gasteiger partial charge in [0.1, 0.15) is 18.1 Å². The third kappa shape index (κ3) is 8.06. The number of carboxylic acid groups (broad SMARTS) is 2. The van der Waals surface area contributed by atoms with E-state index in [0.29, 0.717) is 18.5 Å². The Labute approximate surface area is 199 Å². The van der Waals surface area contributed by atoms with Gasteiger partial charge in [0.05, 0.1) is 18.8 Å². The van der Waals surface area contributed by atoms with Gasteiger partial charge in [-0.2, -0.15) is 0 Å². The lowest BCUT2D eigenvalue weighted by atomic mass is 10.1. The Morgan fingerprint density at radius 1 is 1.17 bits per heavy atom. The quantitative estimate of drug-likeness (QED) is 0.147. The van der Waals surface area contributed by atoms with Crippen molar-refractivity contribution in [1.82, 2.24) is 25.5 Å². The van der Waals surface area contributed by atoms with Gasteiger partial charge in [0, 0.05) is 31.3 Å². The molecule has 1 aromatic heterocycles. The fourth-order valence-corrected chi connectivity index (χ4v) is 3.71. The number of rotatable bonds is 13. The molecular formula is C20H29N7O8. The molecule has 35 heavy (non-hydrogen) atoms. The van der Waals surface area contributed by atoms with Crippen molar-refractivity contribution in [1.29, 1.82) is 0 Å². The van der Waals surface area contributed by atoms with E-state index < -0.39 is 66.2 Å². The number of hydrogen-bond donors (Lipinski definition) is 7. The molecule has 0 radical (unpaired) electrons. The summed E-state index contributed by atoms with van der Waals surface area (Å²) in [6, 6.07) is -5.02. The van der Waals surface area contributed by atoms with Crippen molar-refractivity contribution < 1.29 is 39.0 Å². The SMILES string of the molecule is NC(=O)CCC(NC(=O)C1CCCN1C(=O)C(N)Cc1cnc[nH]1)C(=O)NC(CC(=O)O)C(=O)O. The van der Waals surface area contributed by atoms with Crippen molar-refractivity contribution in [3.05, 3.63) is 18.2 Å². The minimum absolute atomic E-state index is 0.174. The molecular weight excluding hydrogens is 466 g/mol. The number of nitrogens with two attached hydrogens (primary N) is 2. The molecule has 1 aliphatic rings. The van der Waals surface area contributed by atoms with Crippen LogP contribution in [-0.2, 0) is 35.2 Å². The van der Waals surface area contributed by atoms with Crippen LogP contribution in [0.2, 0.25) is 0 Å². The molecule has 9 N–H and O–H groups in total. The number of amides is 4. The van der Waals surface area contributed by atoms with Crippen LogP contribution in [-0.4, -0.2) is 91.4 Å². The number of nitrogens with zero attached hydrogens (tertiary/aromatic N) is 2. The molecule has 1 aliphatic heterocycles. The topological polar surface area (TPSA) is 251 Å². The van der Waals surface area contributed by atoms with Crippen LogP contribution >= 0.6 is 0 Å². The molecule has 0 spiro atoms. The van der Waals surface area contributed by atoms with E-state index in [1.807, 2.05) is 5.32 Å². The number of carbonyl (C=O) groups excluding carboxylic acids is 4. The lowest BCUT2D eigenvalue weighted by Gasteiger charge is -2.28. The van der Waals surface area contributed by atoms with Crippen molar-refractivity contribution >= 4 is 35.6 Å². The Morgan fingerprint density at radius 3 is 2.46 bits per heavy atom. The summed E-state index contributed by atoms with van der Waals surface area (Å²) in [4.78, 5) is 79.9. The average molecular weight is 495 g/mol. The minimum atomic E-state index is -1.75. The van der Waals surface area contributed by atoms with Crippen LogP contribution in [0, 0.1) is 0 Å². The van der Waals surface area contributed by atoms with Crippen molar-refractivity contribution in [2.45, 2.75) is 62.7 Å². The molecule has 4 atom stereocenters. The summed E-state index contributed by atoms with van der Waals surface area (Å²) in [5.41, 5.74) is 11.8.